The lowest BCUT2D eigenvalue weighted by Crippen LogP contribution is -2.44. The van der Waals surface area contributed by atoms with E-state index in [0.717, 1.165) is 11.1 Å². The molecule has 0 spiro atoms. The Morgan fingerprint density at radius 1 is 1.08 bits per heavy atom. The van der Waals surface area contributed by atoms with Crippen LogP contribution in [-0.2, 0) is 16.6 Å². The predicted molar refractivity (Wildman–Crippen MR) is 139 cm³/mol. The number of halogens is 1. The molecule has 4 aromatic rings. The molecule has 190 valence electrons. The molecule has 0 aliphatic carbocycles. The van der Waals surface area contributed by atoms with Gasteiger partial charge in [0, 0.05) is 30.2 Å². The molecule has 2 aromatic heterocycles. The molecule has 1 unspecified atom stereocenters. The fraction of sp³-hybridized carbons (Fsp3) is 0.241. The van der Waals surface area contributed by atoms with Crippen molar-refractivity contribution in [3.63, 3.8) is 0 Å². The third-order valence-corrected chi connectivity index (χ3v) is 5.99. The first-order chi connectivity index (χ1) is 17.7. The maximum atomic E-state index is 13.7. The van der Waals surface area contributed by atoms with E-state index in [1.807, 2.05) is 24.3 Å². The summed E-state index contributed by atoms with van der Waals surface area (Å²) in [6.45, 7) is 6.56. The Hall–Kier alpha value is -4.33. The van der Waals surface area contributed by atoms with E-state index in [9.17, 15) is 14.0 Å². The smallest absolute Gasteiger partial charge is 0.281 e. The molecule has 0 saturated carbocycles. The van der Waals surface area contributed by atoms with Crippen molar-refractivity contribution in [2.24, 2.45) is 0 Å². The van der Waals surface area contributed by atoms with Crippen molar-refractivity contribution in [1.29, 1.82) is 0 Å². The van der Waals surface area contributed by atoms with Crippen molar-refractivity contribution < 1.29 is 18.4 Å². The van der Waals surface area contributed by atoms with Crippen molar-refractivity contribution in [2.45, 2.75) is 38.6 Å². The highest BCUT2D eigenvalue weighted by molar-refractivity contribution is 6.09. The second-order valence-corrected chi connectivity index (χ2v) is 9.71. The van der Waals surface area contributed by atoms with Crippen molar-refractivity contribution in [2.75, 3.05) is 11.4 Å². The first-order valence-corrected chi connectivity index (χ1v) is 12.0. The minimum atomic E-state index is -1.04. The normalized spacial score (nSPS) is 12.1. The molecular weight excluding hydrogens is 471 g/mol. The van der Waals surface area contributed by atoms with Crippen LogP contribution < -0.4 is 10.2 Å². The average molecular weight is 501 g/mol. The first-order valence-electron chi connectivity index (χ1n) is 12.0. The zero-order chi connectivity index (χ0) is 26.4. The van der Waals surface area contributed by atoms with Crippen LogP contribution in [0.5, 0.6) is 0 Å². The molecule has 4 rings (SSSR count). The number of carbonyl (C=O) groups excluding carboxylic acids is 2. The SMILES string of the molecule is CC(C)(C)c1ccc(N(C(=O)c2cocn2)C(C(=O)NCCc2cccc(F)c2)c2cccnc2)cc1. The lowest BCUT2D eigenvalue weighted by molar-refractivity contribution is -0.122. The van der Waals surface area contributed by atoms with E-state index in [-0.39, 0.29) is 23.5 Å². The molecule has 0 radical (unpaired) electrons. The summed E-state index contributed by atoms with van der Waals surface area (Å²) in [5, 5.41) is 2.91. The Balaban J connectivity index is 1.69. The number of hydrogen-bond acceptors (Lipinski definition) is 5. The molecule has 7 nitrogen and oxygen atoms in total. The second kappa shape index (κ2) is 11.2. The van der Waals surface area contributed by atoms with Gasteiger partial charge in [0.25, 0.3) is 5.91 Å². The number of carbonyl (C=O) groups is 2. The molecule has 0 saturated heterocycles. The molecule has 0 aliphatic rings. The predicted octanol–water partition coefficient (Wildman–Crippen LogP) is 5.25. The number of benzene rings is 2. The summed E-state index contributed by atoms with van der Waals surface area (Å²) in [4.78, 5) is 37.0. The Kier molecular flexibility index (Phi) is 7.77. The van der Waals surface area contributed by atoms with Gasteiger partial charge in [-0.3, -0.25) is 19.5 Å². The molecule has 1 N–H and O–H groups in total. The van der Waals surface area contributed by atoms with Gasteiger partial charge in [0.2, 0.25) is 5.91 Å². The molecule has 2 aromatic carbocycles. The van der Waals surface area contributed by atoms with Crippen molar-refractivity contribution >= 4 is 17.5 Å². The number of nitrogens with zero attached hydrogens (tertiary/aromatic N) is 3. The fourth-order valence-electron chi connectivity index (χ4n) is 4.02. The van der Waals surface area contributed by atoms with E-state index in [4.69, 9.17) is 4.42 Å². The lowest BCUT2D eigenvalue weighted by Gasteiger charge is -2.31. The summed E-state index contributed by atoms with van der Waals surface area (Å²) >= 11 is 0. The molecule has 37 heavy (non-hydrogen) atoms. The maximum Gasteiger partial charge on any atom is 0.281 e. The van der Waals surface area contributed by atoms with Crippen molar-refractivity contribution in [3.05, 3.63) is 114 Å². The topological polar surface area (TPSA) is 88.3 Å². The van der Waals surface area contributed by atoms with Gasteiger partial charge in [-0.25, -0.2) is 9.37 Å². The van der Waals surface area contributed by atoms with Crippen LogP contribution in [-0.4, -0.2) is 28.3 Å². The first kappa shape index (κ1) is 25.8. The fourth-order valence-corrected chi connectivity index (χ4v) is 4.02. The van der Waals surface area contributed by atoms with Crippen LogP contribution in [0, 0.1) is 5.82 Å². The Bertz CT molecular complexity index is 1330. The van der Waals surface area contributed by atoms with Crippen LogP contribution in [0.25, 0.3) is 0 Å². The van der Waals surface area contributed by atoms with Gasteiger partial charge < -0.3 is 9.73 Å². The van der Waals surface area contributed by atoms with Crippen LogP contribution in [0.3, 0.4) is 0 Å². The highest BCUT2D eigenvalue weighted by Crippen LogP contribution is 2.31. The van der Waals surface area contributed by atoms with Gasteiger partial charge in [-0.15, -0.1) is 0 Å². The lowest BCUT2D eigenvalue weighted by atomic mass is 9.87. The zero-order valence-electron chi connectivity index (χ0n) is 21.0. The third kappa shape index (κ3) is 6.27. The molecular formula is C29H29FN4O3. The third-order valence-electron chi connectivity index (χ3n) is 5.99. The van der Waals surface area contributed by atoms with E-state index in [0.29, 0.717) is 17.7 Å². The average Bonchev–Trinajstić information content (AvgIpc) is 3.42. The summed E-state index contributed by atoms with van der Waals surface area (Å²) in [5.41, 5.74) is 2.88. The minimum Gasteiger partial charge on any atom is -0.451 e. The van der Waals surface area contributed by atoms with Gasteiger partial charge in [-0.05, 0) is 53.3 Å². The number of oxazole rings is 1. The number of amides is 2. The number of aromatic nitrogens is 2. The molecule has 0 bridgehead atoms. The van der Waals surface area contributed by atoms with Crippen LogP contribution in [0.1, 0.15) is 54.0 Å². The van der Waals surface area contributed by atoms with E-state index in [1.54, 1.807) is 36.7 Å². The summed E-state index contributed by atoms with van der Waals surface area (Å²) in [7, 11) is 0. The minimum absolute atomic E-state index is 0.0707. The van der Waals surface area contributed by atoms with Gasteiger partial charge >= 0.3 is 0 Å². The molecule has 2 amide bonds. The van der Waals surface area contributed by atoms with Crippen LogP contribution in [0.2, 0.25) is 0 Å². The van der Waals surface area contributed by atoms with E-state index >= 15 is 0 Å². The number of nitrogens with one attached hydrogen (secondary N) is 1. The monoisotopic (exact) mass is 500 g/mol. The molecule has 1 atom stereocenters. The number of rotatable bonds is 8. The highest BCUT2D eigenvalue weighted by Gasteiger charge is 2.34. The Morgan fingerprint density at radius 2 is 1.86 bits per heavy atom. The van der Waals surface area contributed by atoms with Crippen LogP contribution in [0.15, 0.2) is 90.1 Å². The maximum absolute atomic E-state index is 13.7. The molecule has 0 fully saturated rings. The largest absolute Gasteiger partial charge is 0.451 e. The van der Waals surface area contributed by atoms with E-state index in [1.165, 1.54) is 29.7 Å². The van der Waals surface area contributed by atoms with Crippen LogP contribution in [0.4, 0.5) is 10.1 Å². The summed E-state index contributed by atoms with van der Waals surface area (Å²) < 4.78 is 18.6. The standard InChI is InChI=1S/C29H29FN4O3/c1-29(2,3)22-9-11-24(12-10-22)34(28(36)25-18-37-19-33-25)26(21-7-5-14-31-17-21)27(35)32-15-13-20-6-4-8-23(30)16-20/h4-12,14,16-19,26H,13,15H2,1-3H3,(H,32,35). The molecule has 2 heterocycles. The van der Waals surface area contributed by atoms with Gasteiger partial charge in [0.05, 0.1) is 0 Å². The quantitative estimate of drug-likeness (QED) is 0.357. The second-order valence-electron chi connectivity index (χ2n) is 9.71. The summed E-state index contributed by atoms with van der Waals surface area (Å²) in [6.07, 6.45) is 6.02. The zero-order valence-corrected chi connectivity index (χ0v) is 21.0. The van der Waals surface area contributed by atoms with Gasteiger partial charge in [0.15, 0.2) is 12.1 Å². The highest BCUT2D eigenvalue weighted by atomic mass is 19.1. The van der Waals surface area contributed by atoms with Crippen molar-refractivity contribution in [1.82, 2.24) is 15.3 Å². The van der Waals surface area contributed by atoms with Gasteiger partial charge in [0.1, 0.15) is 18.1 Å². The molecule has 0 aliphatic heterocycles. The van der Waals surface area contributed by atoms with Gasteiger partial charge in [-0.1, -0.05) is 51.1 Å². The van der Waals surface area contributed by atoms with Gasteiger partial charge in [-0.2, -0.15) is 0 Å². The van der Waals surface area contributed by atoms with E-state index in [2.05, 4.69) is 36.1 Å². The summed E-state index contributed by atoms with van der Waals surface area (Å²) in [5.74, 6) is -1.23. The van der Waals surface area contributed by atoms with E-state index < -0.39 is 17.9 Å². The number of hydrogen-bond donors (Lipinski definition) is 1. The number of pyridine rings is 1. The van der Waals surface area contributed by atoms with Crippen LogP contribution >= 0.6 is 0 Å². The van der Waals surface area contributed by atoms with Crippen molar-refractivity contribution in [3.8, 4) is 0 Å². The number of anilines is 1. The Labute approximate surface area is 215 Å². The summed E-state index contributed by atoms with van der Waals surface area (Å²) in [6, 6.07) is 16.2. The molecule has 8 heteroatoms. The Morgan fingerprint density at radius 3 is 2.49 bits per heavy atom.